The number of carbonyl (C=O) groups is 1. The molecule has 28 heavy (non-hydrogen) atoms. The van der Waals surface area contributed by atoms with Gasteiger partial charge in [0.05, 0.1) is 12.3 Å². The second kappa shape index (κ2) is 11.0. The number of hydrogen-bond donors (Lipinski definition) is 2. The molecule has 0 aliphatic heterocycles. The van der Waals surface area contributed by atoms with Gasteiger partial charge in [0.2, 0.25) is 5.91 Å². The van der Waals surface area contributed by atoms with Crippen LogP contribution in [0.15, 0.2) is 55.9 Å². The monoisotopic (exact) mass is 404 g/mol. The fourth-order valence-corrected chi connectivity index (χ4v) is 3.30. The maximum Gasteiger partial charge on any atom is 0.227 e. The van der Waals surface area contributed by atoms with Gasteiger partial charge in [0.15, 0.2) is 0 Å². The SMILES string of the molecule is CC(=NOCC1=C(C)CCC=C1NC(=O)[C@@H](C)CCN=N)C1=CCCC(Cl)=C1. The highest BCUT2D eigenvalue weighted by molar-refractivity contribution is 6.30. The normalized spacial score (nSPS) is 18.7. The van der Waals surface area contributed by atoms with E-state index in [1.807, 2.05) is 26.0 Å². The van der Waals surface area contributed by atoms with Crippen LogP contribution < -0.4 is 5.32 Å². The molecule has 2 N–H and O–H groups in total. The van der Waals surface area contributed by atoms with Crippen molar-refractivity contribution in [2.75, 3.05) is 13.2 Å². The predicted octanol–water partition coefficient (Wildman–Crippen LogP) is 5.39. The highest BCUT2D eigenvalue weighted by atomic mass is 35.5. The van der Waals surface area contributed by atoms with E-state index >= 15 is 0 Å². The van der Waals surface area contributed by atoms with Crippen molar-refractivity contribution in [2.45, 2.75) is 52.9 Å². The van der Waals surface area contributed by atoms with E-state index in [9.17, 15) is 4.79 Å². The molecule has 0 radical (unpaired) electrons. The number of oxime groups is 1. The van der Waals surface area contributed by atoms with Gasteiger partial charge in [-0.15, -0.1) is 0 Å². The van der Waals surface area contributed by atoms with Gasteiger partial charge in [0.1, 0.15) is 6.61 Å². The van der Waals surface area contributed by atoms with Crippen LogP contribution >= 0.6 is 11.6 Å². The van der Waals surface area contributed by atoms with Crippen LogP contribution in [0.5, 0.6) is 0 Å². The van der Waals surface area contributed by atoms with Crippen LogP contribution in [0.4, 0.5) is 0 Å². The molecule has 2 rings (SSSR count). The molecule has 6 nitrogen and oxygen atoms in total. The molecule has 7 heteroatoms. The molecule has 0 unspecified atom stereocenters. The molecule has 1 amide bonds. The summed E-state index contributed by atoms with van der Waals surface area (Å²) in [6.07, 6.45) is 10.2. The molecule has 0 aromatic heterocycles. The first-order chi connectivity index (χ1) is 13.4. The summed E-state index contributed by atoms with van der Waals surface area (Å²) in [5.74, 6) is -0.261. The minimum Gasteiger partial charge on any atom is -0.391 e. The zero-order valence-electron chi connectivity index (χ0n) is 16.8. The molecule has 152 valence electrons. The van der Waals surface area contributed by atoms with Gasteiger partial charge in [-0.05, 0) is 57.6 Å². The summed E-state index contributed by atoms with van der Waals surface area (Å²) >= 11 is 6.11. The standard InChI is InChI=1S/C21H29ClN4O2/c1-14-6-4-9-20(25-21(27)15(2)10-11-24-23)19(14)13-28-26-16(3)17-7-5-8-18(22)12-17/h7,9,12,15,23H,4-6,8,10-11,13H2,1-3H3,(H,25,27)/t15-/m0/s1. The van der Waals surface area contributed by atoms with Crippen molar-refractivity contribution in [3.63, 3.8) is 0 Å². The fraction of sp³-hybridized carbons (Fsp3) is 0.524. The lowest BCUT2D eigenvalue weighted by molar-refractivity contribution is -0.123. The molecule has 2 aliphatic rings. The Morgan fingerprint density at radius 1 is 1.36 bits per heavy atom. The van der Waals surface area contributed by atoms with Crippen molar-refractivity contribution in [2.24, 2.45) is 16.2 Å². The van der Waals surface area contributed by atoms with Gasteiger partial charge in [-0.3, -0.25) is 4.79 Å². The average molecular weight is 405 g/mol. The molecule has 0 heterocycles. The van der Waals surface area contributed by atoms with Gasteiger partial charge in [0.25, 0.3) is 0 Å². The molecular formula is C21H29ClN4O2. The van der Waals surface area contributed by atoms with Gasteiger partial charge in [0, 0.05) is 22.2 Å². The number of halogens is 1. The number of rotatable bonds is 9. The van der Waals surface area contributed by atoms with E-state index in [1.165, 1.54) is 5.57 Å². The molecule has 0 saturated heterocycles. The van der Waals surface area contributed by atoms with Gasteiger partial charge < -0.3 is 10.2 Å². The van der Waals surface area contributed by atoms with Crippen LogP contribution in [-0.2, 0) is 9.63 Å². The molecule has 2 aliphatic carbocycles. The second-order valence-electron chi connectivity index (χ2n) is 7.22. The lowest BCUT2D eigenvalue weighted by Gasteiger charge is -2.21. The molecule has 0 fully saturated rings. The third-order valence-electron chi connectivity index (χ3n) is 4.98. The van der Waals surface area contributed by atoms with E-state index in [-0.39, 0.29) is 11.8 Å². The lowest BCUT2D eigenvalue weighted by Crippen LogP contribution is -2.31. The first-order valence-electron chi connectivity index (χ1n) is 9.68. The Balaban J connectivity index is 1.99. The minimum atomic E-state index is -0.200. The molecule has 0 aromatic carbocycles. The van der Waals surface area contributed by atoms with Crippen LogP contribution in [0, 0.1) is 11.4 Å². The molecule has 0 saturated carbocycles. The third kappa shape index (κ3) is 6.44. The number of carbonyl (C=O) groups excluding carboxylic acids is 1. The van der Waals surface area contributed by atoms with Crippen molar-refractivity contribution in [1.82, 2.24) is 5.32 Å². The topological polar surface area (TPSA) is 86.9 Å². The summed E-state index contributed by atoms with van der Waals surface area (Å²) in [5, 5.41) is 11.4. The van der Waals surface area contributed by atoms with Crippen LogP contribution in [-0.4, -0.2) is 24.8 Å². The van der Waals surface area contributed by atoms with Gasteiger partial charge in [-0.2, -0.15) is 5.11 Å². The van der Waals surface area contributed by atoms with E-state index in [0.29, 0.717) is 19.6 Å². The summed E-state index contributed by atoms with van der Waals surface area (Å²) in [5.41, 5.74) is 11.6. The number of nitrogens with zero attached hydrogens (tertiary/aromatic N) is 2. The maximum atomic E-state index is 12.4. The third-order valence-corrected chi connectivity index (χ3v) is 5.27. The van der Waals surface area contributed by atoms with Gasteiger partial charge >= 0.3 is 0 Å². The summed E-state index contributed by atoms with van der Waals surface area (Å²) in [6, 6.07) is 0. The fourth-order valence-electron chi connectivity index (χ4n) is 3.07. The van der Waals surface area contributed by atoms with Crippen LogP contribution in [0.2, 0.25) is 0 Å². The van der Waals surface area contributed by atoms with Crippen molar-refractivity contribution in [1.29, 1.82) is 5.53 Å². The van der Waals surface area contributed by atoms with Crippen LogP contribution in [0.3, 0.4) is 0 Å². The number of amides is 1. The van der Waals surface area contributed by atoms with Crippen molar-refractivity contribution >= 4 is 23.2 Å². The molecule has 0 aromatic rings. The summed E-state index contributed by atoms with van der Waals surface area (Å²) in [4.78, 5) is 18.0. The number of allylic oxidation sites excluding steroid dienone is 6. The second-order valence-corrected chi connectivity index (χ2v) is 7.70. The van der Waals surface area contributed by atoms with E-state index in [0.717, 1.165) is 53.3 Å². The zero-order chi connectivity index (χ0) is 20.5. The van der Waals surface area contributed by atoms with E-state index in [2.05, 4.69) is 28.6 Å². The zero-order valence-corrected chi connectivity index (χ0v) is 17.6. The van der Waals surface area contributed by atoms with E-state index in [4.69, 9.17) is 22.0 Å². The number of nitrogens with one attached hydrogen (secondary N) is 2. The van der Waals surface area contributed by atoms with Crippen molar-refractivity contribution in [3.8, 4) is 0 Å². The highest BCUT2D eigenvalue weighted by Crippen LogP contribution is 2.25. The first-order valence-corrected chi connectivity index (χ1v) is 10.1. The molecule has 1 atom stereocenters. The van der Waals surface area contributed by atoms with E-state index < -0.39 is 0 Å². The minimum absolute atomic E-state index is 0.0612. The van der Waals surface area contributed by atoms with Crippen LogP contribution in [0.1, 0.15) is 52.9 Å². The van der Waals surface area contributed by atoms with Crippen molar-refractivity contribution in [3.05, 3.63) is 45.7 Å². The van der Waals surface area contributed by atoms with E-state index in [1.54, 1.807) is 0 Å². The molecule has 0 spiro atoms. The average Bonchev–Trinajstić information content (AvgIpc) is 2.67. The Morgan fingerprint density at radius 3 is 2.82 bits per heavy atom. The predicted molar refractivity (Wildman–Crippen MR) is 112 cm³/mol. The quantitative estimate of drug-likeness (QED) is 0.306. The van der Waals surface area contributed by atoms with Gasteiger partial charge in [-0.1, -0.05) is 41.4 Å². The lowest BCUT2D eigenvalue weighted by atomic mass is 9.95. The maximum absolute atomic E-state index is 12.4. The largest absolute Gasteiger partial charge is 0.391 e. The Kier molecular flexibility index (Phi) is 8.64. The van der Waals surface area contributed by atoms with Crippen molar-refractivity contribution < 1.29 is 9.63 Å². The molecular weight excluding hydrogens is 376 g/mol. The Labute approximate surface area is 171 Å². The van der Waals surface area contributed by atoms with Gasteiger partial charge in [-0.25, -0.2) is 5.53 Å². The summed E-state index contributed by atoms with van der Waals surface area (Å²) in [6.45, 7) is 6.47. The smallest absolute Gasteiger partial charge is 0.227 e. The Hall–Kier alpha value is -2.21. The molecule has 0 bridgehead atoms. The summed E-state index contributed by atoms with van der Waals surface area (Å²) in [7, 11) is 0. The van der Waals surface area contributed by atoms with Crippen LogP contribution in [0.25, 0.3) is 0 Å². The Morgan fingerprint density at radius 2 is 2.11 bits per heavy atom. The highest BCUT2D eigenvalue weighted by Gasteiger charge is 2.19. The first kappa shape index (κ1) is 22.1. The summed E-state index contributed by atoms with van der Waals surface area (Å²) < 4.78 is 0. The number of hydrogen-bond acceptors (Lipinski definition) is 5. The Bertz CT molecular complexity index is 762.